The van der Waals surface area contributed by atoms with Crippen LogP contribution in [0.2, 0.25) is 0 Å². The summed E-state index contributed by atoms with van der Waals surface area (Å²) < 4.78 is 25.7. The Balaban J connectivity index is 2.47. The number of halogens is 2. The Kier molecular flexibility index (Phi) is 3.41. The molecule has 4 heteroatoms. The van der Waals surface area contributed by atoms with E-state index in [1.54, 1.807) is 0 Å². The van der Waals surface area contributed by atoms with Crippen LogP contribution in [-0.2, 0) is 5.60 Å². The lowest BCUT2D eigenvalue weighted by Crippen LogP contribution is -2.32. The molecule has 0 saturated heterocycles. The van der Waals surface area contributed by atoms with Crippen LogP contribution in [0.4, 0.5) is 8.78 Å². The van der Waals surface area contributed by atoms with E-state index in [0.29, 0.717) is 11.1 Å². The van der Waals surface area contributed by atoms with Crippen molar-refractivity contribution >= 4 is 0 Å². The van der Waals surface area contributed by atoms with Gasteiger partial charge in [-0.2, -0.15) is 0 Å². The third kappa shape index (κ3) is 2.25. The highest BCUT2D eigenvalue weighted by Crippen LogP contribution is 2.29. The van der Waals surface area contributed by atoms with Gasteiger partial charge in [0, 0.05) is 6.54 Å². The van der Waals surface area contributed by atoms with Gasteiger partial charge in [0.2, 0.25) is 0 Å². The van der Waals surface area contributed by atoms with E-state index in [1.807, 2.05) is 0 Å². The van der Waals surface area contributed by atoms with Crippen molar-refractivity contribution in [1.82, 2.24) is 5.73 Å². The normalized spacial score (nSPS) is 11.6. The Labute approximate surface area is 104 Å². The molecular formula is C14H12F2NO. The first-order valence-corrected chi connectivity index (χ1v) is 5.45. The molecule has 2 aromatic rings. The molecule has 2 N–H and O–H groups in total. The molecule has 2 aromatic carbocycles. The molecule has 0 heterocycles. The minimum Gasteiger partial charge on any atom is -0.379 e. The van der Waals surface area contributed by atoms with Gasteiger partial charge in [-0.15, -0.1) is 0 Å². The topological polar surface area (TPSA) is 44.0 Å². The van der Waals surface area contributed by atoms with Gasteiger partial charge in [0.15, 0.2) is 0 Å². The summed E-state index contributed by atoms with van der Waals surface area (Å²) in [7, 11) is 0. The quantitative estimate of drug-likeness (QED) is 0.891. The fraction of sp³-hybridized carbons (Fsp3) is 0.143. The van der Waals surface area contributed by atoms with Crippen molar-refractivity contribution < 1.29 is 13.9 Å². The van der Waals surface area contributed by atoms with E-state index in [0.717, 1.165) is 0 Å². The zero-order chi connectivity index (χ0) is 13.2. The molecule has 2 nitrogen and oxygen atoms in total. The molecule has 0 aliphatic heterocycles. The third-order valence-corrected chi connectivity index (χ3v) is 2.90. The van der Waals surface area contributed by atoms with Crippen LogP contribution in [0.1, 0.15) is 11.1 Å². The van der Waals surface area contributed by atoms with E-state index in [9.17, 15) is 13.9 Å². The van der Waals surface area contributed by atoms with E-state index in [1.165, 1.54) is 48.5 Å². The SMILES string of the molecule is [NH]CC(O)(c1ccc(F)cc1)c1ccc(F)cc1. The molecule has 0 fully saturated rings. The van der Waals surface area contributed by atoms with Crippen LogP contribution in [0.25, 0.3) is 0 Å². The van der Waals surface area contributed by atoms with Crippen LogP contribution in [-0.4, -0.2) is 11.7 Å². The van der Waals surface area contributed by atoms with Crippen LogP contribution >= 0.6 is 0 Å². The van der Waals surface area contributed by atoms with Gasteiger partial charge in [-0.25, -0.2) is 8.78 Å². The zero-order valence-corrected chi connectivity index (χ0v) is 9.53. The van der Waals surface area contributed by atoms with E-state index in [-0.39, 0.29) is 6.54 Å². The van der Waals surface area contributed by atoms with Crippen LogP contribution in [0.3, 0.4) is 0 Å². The van der Waals surface area contributed by atoms with Gasteiger partial charge in [0.1, 0.15) is 17.2 Å². The highest BCUT2D eigenvalue weighted by Gasteiger charge is 2.30. The smallest absolute Gasteiger partial charge is 0.128 e. The van der Waals surface area contributed by atoms with Crippen molar-refractivity contribution in [3.63, 3.8) is 0 Å². The summed E-state index contributed by atoms with van der Waals surface area (Å²) in [4.78, 5) is 0. The lowest BCUT2D eigenvalue weighted by molar-refractivity contribution is 0.0883. The molecule has 0 unspecified atom stereocenters. The maximum atomic E-state index is 12.9. The molecule has 0 amide bonds. The number of rotatable bonds is 3. The monoisotopic (exact) mass is 248 g/mol. The van der Waals surface area contributed by atoms with Crippen LogP contribution in [0, 0.1) is 11.6 Å². The predicted molar refractivity (Wildman–Crippen MR) is 63.8 cm³/mol. The maximum absolute atomic E-state index is 12.9. The number of hydrogen-bond acceptors (Lipinski definition) is 1. The molecule has 1 radical (unpaired) electrons. The Morgan fingerprint density at radius 3 is 1.44 bits per heavy atom. The highest BCUT2D eigenvalue weighted by molar-refractivity contribution is 5.36. The van der Waals surface area contributed by atoms with Crippen molar-refractivity contribution in [1.29, 1.82) is 0 Å². The fourth-order valence-electron chi connectivity index (χ4n) is 1.82. The molecule has 18 heavy (non-hydrogen) atoms. The Morgan fingerprint density at radius 2 is 1.17 bits per heavy atom. The van der Waals surface area contributed by atoms with E-state index in [2.05, 4.69) is 0 Å². The van der Waals surface area contributed by atoms with Gasteiger partial charge >= 0.3 is 0 Å². The standard InChI is InChI=1S/C14H12F2NO/c15-12-5-1-10(2-6-12)14(18,9-17)11-3-7-13(16)8-4-11/h1-8,17-18H,9H2. The molecule has 0 spiro atoms. The summed E-state index contributed by atoms with van der Waals surface area (Å²) >= 11 is 0. The van der Waals surface area contributed by atoms with Gasteiger partial charge in [-0.05, 0) is 35.4 Å². The maximum Gasteiger partial charge on any atom is 0.128 e. The zero-order valence-electron chi connectivity index (χ0n) is 9.53. The minimum atomic E-state index is -1.55. The van der Waals surface area contributed by atoms with Crippen LogP contribution in [0.15, 0.2) is 48.5 Å². The average Bonchev–Trinajstić information content (AvgIpc) is 2.39. The summed E-state index contributed by atoms with van der Waals surface area (Å²) in [6.45, 7) is -0.329. The van der Waals surface area contributed by atoms with Gasteiger partial charge in [0.25, 0.3) is 0 Å². The van der Waals surface area contributed by atoms with Gasteiger partial charge < -0.3 is 5.11 Å². The number of hydrogen-bond donors (Lipinski definition) is 1. The first-order chi connectivity index (χ1) is 8.56. The van der Waals surface area contributed by atoms with Crippen molar-refractivity contribution in [2.75, 3.05) is 6.54 Å². The van der Waals surface area contributed by atoms with E-state index in [4.69, 9.17) is 5.73 Å². The molecule has 0 aromatic heterocycles. The Bertz CT molecular complexity index is 477. The van der Waals surface area contributed by atoms with Crippen LogP contribution in [0.5, 0.6) is 0 Å². The summed E-state index contributed by atoms with van der Waals surface area (Å²) in [5.41, 5.74) is 6.76. The molecule has 93 valence electrons. The lowest BCUT2D eigenvalue weighted by atomic mass is 9.86. The van der Waals surface area contributed by atoms with Gasteiger partial charge in [-0.1, -0.05) is 24.3 Å². The van der Waals surface area contributed by atoms with Crippen molar-refractivity contribution in [2.45, 2.75) is 5.60 Å². The molecule has 2 rings (SSSR count). The molecule has 0 saturated carbocycles. The molecule has 0 aliphatic rings. The fourth-order valence-corrected chi connectivity index (χ4v) is 1.82. The Hall–Kier alpha value is -1.78. The van der Waals surface area contributed by atoms with Gasteiger partial charge in [0.05, 0.1) is 0 Å². The summed E-state index contributed by atoms with van der Waals surface area (Å²) in [6, 6.07) is 10.6. The molecule has 0 aliphatic carbocycles. The van der Waals surface area contributed by atoms with Crippen LogP contribution < -0.4 is 5.73 Å². The summed E-state index contributed by atoms with van der Waals surface area (Å²) in [5.74, 6) is -0.824. The first-order valence-electron chi connectivity index (χ1n) is 5.45. The predicted octanol–water partition coefficient (Wildman–Crippen LogP) is 2.48. The highest BCUT2D eigenvalue weighted by atomic mass is 19.1. The van der Waals surface area contributed by atoms with Crippen molar-refractivity contribution in [2.24, 2.45) is 0 Å². The summed E-state index contributed by atoms with van der Waals surface area (Å²) in [6.07, 6.45) is 0. The first kappa shape index (κ1) is 12.7. The third-order valence-electron chi connectivity index (χ3n) is 2.90. The molecule has 0 bridgehead atoms. The van der Waals surface area contributed by atoms with E-state index < -0.39 is 17.2 Å². The van der Waals surface area contributed by atoms with Crippen molar-refractivity contribution in [3.05, 3.63) is 71.3 Å². The molecular weight excluding hydrogens is 236 g/mol. The van der Waals surface area contributed by atoms with Gasteiger partial charge in [-0.3, -0.25) is 5.73 Å². The second-order valence-corrected chi connectivity index (χ2v) is 4.05. The largest absolute Gasteiger partial charge is 0.379 e. The average molecular weight is 248 g/mol. The number of aliphatic hydroxyl groups is 1. The van der Waals surface area contributed by atoms with E-state index >= 15 is 0 Å². The molecule has 0 atom stereocenters. The second kappa shape index (κ2) is 4.84. The lowest BCUT2D eigenvalue weighted by Gasteiger charge is -2.27. The number of benzene rings is 2. The summed E-state index contributed by atoms with van der Waals surface area (Å²) in [5, 5.41) is 10.5. The Morgan fingerprint density at radius 1 is 0.833 bits per heavy atom. The minimum absolute atomic E-state index is 0.329. The van der Waals surface area contributed by atoms with Crippen molar-refractivity contribution in [3.8, 4) is 0 Å². The number of nitrogens with one attached hydrogen (secondary N) is 1. The second-order valence-electron chi connectivity index (χ2n) is 4.05.